The molecule has 0 saturated carbocycles. The van der Waals surface area contributed by atoms with Crippen LogP contribution in [0.1, 0.15) is 33.6 Å². The van der Waals surface area contributed by atoms with Crippen LogP contribution in [0.15, 0.2) is 24.3 Å². The van der Waals surface area contributed by atoms with Gasteiger partial charge in [-0.05, 0) is 37.6 Å². The normalized spacial score (nSPS) is 18.6. The minimum Gasteiger partial charge on any atom is -0.326 e. The van der Waals surface area contributed by atoms with E-state index in [0.717, 1.165) is 25.9 Å². The molecule has 0 aromatic heterocycles. The van der Waals surface area contributed by atoms with Crippen LogP contribution in [0.5, 0.6) is 0 Å². The molecule has 1 aliphatic heterocycles. The SMILES string of the molecule is CC(C)(C)C(=O)Nc1cccc(NC(=O)C2CCCNC2)c1. The fourth-order valence-corrected chi connectivity index (χ4v) is 2.31. The van der Waals surface area contributed by atoms with E-state index in [0.29, 0.717) is 11.4 Å². The van der Waals surface area contributed by atoms with Crippen molar-refractivity contribution in [2.24, 2.45) is 11.3 Å². The summed E-state index contributed by atoms with van der Waals surface area (Å²) < 4.78 is 0. The van der Waals surface area contributed by atoms with Gasteiger partial charge in [0.25, 0.3) is 0 Å². The Balaban J connectivity index is 1.99. The lowest BCUT2D eigenvalue weighted by Gasteiger charge is -2.22. The van der Waals surface area contributed by atoms with Gasteiger partial charge in [-0.25, -0.2) is 0 Å². The second-order valence-electron chi connectivity index (χ2n) is 6.82. The smallest absolute Gasteiger partial charge is 0.229 e. The van der Waals surface area contributed by atoms with E-state index < -0.39 is 5.41 Å². The van der Waals surface area contributed by atoms with Gasteiger partial charge >= 0.3 is 0 Å². The Kier molecular flexibility index (Phi) is 5.19. The summed E-state index contributed by atoms with van der Waals surface area (Å²) in [5.41, 5.74) is 0.953. The van der Waals surface area contributed by atoms with Gasteiger partial charge in [0.1, 0.15) is 0 Å². The van der Waals surface area contributed by atoms with Crippen molar-refractivity contribution in [1.82, 2.24) is 5.32 Å². The molecule has 1 fully saturated rings. The van der Waals surface area contributed by atoms with Crippen LogP contribution in [0, 0.1) is 11.3 Å². The van der Waals surface area contributed by atoms with Gasteiger partial charge < -0.3 is 16.0 Å². The number of carbonyl (C=O) groups excluding carboxylic acids is 2. The van der Waals surface area contributed by atoms with Crippen LogP contribution < -0.4 is 16.0 Å². The van der Waals surface area contributed by atoms with Crippen LogP contribution in [-0.2, 0) is 9.59 Å². The molecular weight excluding hydrogens is 278 g/mol. The summed E-state index contributed by atoms with van der Waals surface area (Å²) in [5.74, 6) is 0.000488. The molecule has 2 amide bonds. The van der Waals surface area contributed by atoms with Crippen molar-refractivity contribution in [3.05, 3.63) is 24.3 Å². The Labute approximate surface area is 131 Å². The van der Waals surface area contributed by atoms with Crippen molar-refractivity contribution < 1.29 is 9.59 Å². The number of amides is 2. The van der Waals surface area contributed by atoms with Crippen LogP contribution in [0.4, 0.5) is 11.4 Å². The molecule has 1 saturated heterocycles. The van der Waals surface area contributed by atoms with Crippen molar-refractivity contribution in [2.45, 2.75) is 33.6 Å². The largest absolute Gasteiger partial charge is 0.326 e. The standard InChI is InChI=1S/C17H25N3O2/c1-17(2,3)16(22)20-14-8-4-7-13(10-14)19-15(21)12-6-5-9-18-11-12/h4,7-8,10,12,18H,5-6,9,11H2,1-3H3,(H,19,21)(H,20,22). The summed E-state index contributed by atoms with van der Waals surface area (Å²) in [4.78, 5) is 24.2. The van der Waals surface area contributed by atoms with Crippen LogP contribution in [0.3, 0.4) is 0 Å². The quantitative estimate of drug-likeness (QED) is 0.804. The van der Waals surface area contributed by atoms with E-state index in [4.69, 9.17) is 0 Å². The molecule has 1 heterocycles. The summed E-state index contributed by atoms with van der Waals surface area (Å²) in [6.45, 7) is 7.31. The zero-order valence-corrected chi connectivity index (χ0v) is 13.5. The Morgan fingerprint density at radius 2 is 1.86 bits per heavy atom. The molecule has 0 bridgehead atoms. The third kappa shape index (κ3) is 4.56. The number of nitrogens with one attached hydrogen (secondary N) is 3. The molecule has 1 aromatic carbocycles. The van der Waals surface area contributed by atoms with Crippen molar-refractivity contribution >= 4 is 23.2 Å². The van der Waals surface area contributed by atoms with Crippen LogP contribution >= 0.6 is 0 Å². The average molecular weight is 303 g/mol. The fourth-order valence-electron chi connectivity index (χ4n) is 2.31. The molecule has 120 valence electrons. The van der Waals surface area contributed by atoms with Gasteiger partial charge in [0.2, 0.25) is 11.8 Å². The molecule has 0 aliphatic carbocycles. The molecular formula is C17H25N3O2. The van der Waals surface area contributed by atoms with E-state index in [1.807, 2.05) is 39.0 Å². The van der Waals surface area contributed by atoms with Crippen molar-refractivity contribution in [2.75, 3.05) is 23.7 Å². The second kappa shape index (κ2) is 6.92. The lowest BCUT2D eigenvalue weighted by Crippen LogP contribution is -2.37. The van der Waals surface area contributed by atoms with E-state index >= 15 is 0 Å². The van der Waals surface area contributed by atoms with Crippen molar-refractivity contribution in [3.8, 4) is 0 Å². The minimum absolute atomic E-state index is 0.0153. The maximum Gasteiger partial charge on any atom is 0.229 e. The zero-order valence-electron chi connectivity index (χ0n) is 13.5. The van der Waals surface area contributed by atoms with Crippen molar-refractivity contribution in [3.63, 3.8) is 0 Å². The molecule has 2 rings (SSSR count). The van der Waals surface area contributed by atoms with Gasteiger partial charge in [0.15, 0.2) is 0 Å². The Bertz CT molecular complexity index is 543. The van der Waals surface area contributed by atoms with E-state index in [1.54, 1.807) is 6.07 Å². The third-order valence-corrected chi connectivity index (χ3v) is 3.74. The number of piperidine rings is 1. The highest BCUT2D eigenvalue weighted by Crippen LogP contribution is 2.21. The van der Waals surface area contributed by atoms with Gasteiger partial charge in [-0.15, -0.1) is 0 Å². The van der Waals surface area contributed by atoms with Crippen molar-refractivity contribution in [1.29, 1.82) is 0 Å². The number of rotatable bonds is 3. The molecule has 1 aromatic rings. The maximum absolute atomic E-state index is 12.2. The highest BCUT2D eigenvalue weighted by Gasteiger charge is 2.22. The average Bonchev–Trinajstić information content (AvgIpc) is 2.47. The first kappa shape index (κ1) is 16.5. The first-order valence-electron chi connectivity index (χ1n) is 7.79. The predicted octanol–water partition coefficient (Wildman–Crippen LogP) is 2.61. The first-order valence-corrected chi connectivity index (χ1v) is 7.79. The summed E-state index contributed by atoms with van der Waals surface area (Å²) in [7, 11) is 0. The summed E-state index contributed by atoms with van der Waals surface area (Å²) in [6.07, 6.45) is 1.94. The zero-order chi connectivity index (χ0) is 16.2. The van der Waals surface area contributed by atoms with Crippen LogP contribution in [-0.4, -0.2) is 24.9 Å². The molecule has 5 nitrogen and oxygen atoms in total. The lowest BCUT2D eigenvalue weighted by molar-refractivity contribution is -0.123. The van der Waals surface area contributed by atoms with Crippen LogP contribution in [0.2, 0.25) is 0 Å². The molecule has 1 aliphatic rings. The van der Waals surface area contributed by atoms with E-state index in [1.165, 1.54) is 0 Å². The maximum atomic E-state index is 12.2. The highest BCUT2D eigenvalue weighted by atomic mass is 16.2. The van der Waals surface area contributed by atoms with E-state index in [9.17, 15) is 9.59 Å². The van der Waals surface area contributed by atoms with Gasteiger partial charge in [0, 0.05) is 23.3 Å². The molecule has 1 unspecified atom stereocenters. The predicted molar refractivity (Wildman–Crippen MR) is 88.8 cm³/mol. The molecule has 5 heteroatoms. The number of anilines is 2. The fraction of sp³-hybridized carbons (Fsp3) is 0.529. The van der Waals surface area contributed by atoms with Crippen LogP contribution in [0.25, 0.3) is 0 Å². The molecule has 22 heavy (non-hydrogen) atoms. The van der Waals surface area contributed by atoms with Gasteiger partial charge in [0.05, 0.1) is 5.92 Å². The van der Waals surface area contributed by atoms with Gasteiger partial charge in [-0.2, -0.15) is 0 Å². The minimum atomic E-state index is -0.451. The molecule has 0 radical (unpaired) electrons. The monoisotopic (exact) mass is 303 g/mol. The molecule has 3 N–H and O–H groups in total. The number of hydrogen-bond donors (Lipinski definition) is 3. The lowest BCUT2D eigenvalue weighted by atomic mass is 9.95. The van der Waals surface area contributed by atoms with Gasteiger partial charge in [-0.1, -0.05) is 26.8 Å². The Hall–Kier alpha value is -1.88. The van der Waals surface area contributed by atoms with E-state index in [2.05, 4.69) is 16.0 Å². The molecule has 1 atom stereocenters. The number of carbonyl (C=O) groups is 2. The third-order valence-electron chi connectivity index (χ3n) is 3.74. The Morgan fingerprint density at radius 3 is 2.45 bits per heavy atom. The summed E-state index contributed by atoms with van der Waals surface area (Å²) in [5, 5.41) is 9.04. The van der Waals surface area contributed by atoms with E-state index in [-0.39, 0.29) is 17.7 Å². The van der Waals surface area contributed by atoms with Gasteiger partial charge in [-0.3, -0.25) is 9.59 Å². The summed E-state index contributed by atoms with van der Waals surface area (Å²) >= 11 is 0. The topological polar surface area (TPSA) is 70.2 Å². The Morgan fingerprint density at radius 1 is 1.18 bits per heavy atom. The first-order chi connectivity index (χ1) is 10.4. The molecule has 0 spiro atoms. The number of hydrogen-bond acceptors (Lipinski definition) is 3. The highest BCUT2D eigenvalue weighted by molar-refractivity contribution is 5.96. The second-order valence-corrected chi connectivity index (χ2v) is 6.82. The summed E-state index contributed by atoms with van der Waals surface area (Å²) in [6, 6.07) is 7.27. The number of benzene rings is 1.